The highest BCUT2D eigenvalue weighted by molar-refractivity contribution is 5.91. The second-order valence-corrected chi connectivity index (χ2v) is 6.95. The van der Waals surface area contributed by atoms with Crippen molar-refractivity contribution in [1.29, 1.82) is 0 Å². The monoisotopic (exact) mass is 419 g/mol. The Morgan fingerprint density at radius 2 is 1.71 bits per heavy atom. The smallest absolute Gasteiger partial charge is 0.339 e. The van der Waals surface area contributed by atoms with E-state index in [0.717, 1.165) is 22.3 Å². The van der Waals surface area contributed by atoms with E-state index in [1.807, 2.05) is 35.0 Å². The van der Waals surface area contributed by atoms with E-state index in [4.69, 9.17) is 16.4 Å². The summed E-state index contributed by atoms with van der Waals surface area (Å²) >= 11 is 0. The van der Waals surface area contributed by atoms with Gasteiger partial charge < -0.3 is 26.1 Å². The van der Waals surface area contributed by atoms with E-state index in [1.54, 1.807) is 37.5 Å². The lowest BCUT2D eigenvalue weighted by Crippen LogP contribution is -2.06. The summed E-state index contributed by atoms with van der Waals surface area (Å²) < 4.78 is 7.09. The predicted molar refractivity (Wildman–Crippen MR) is 120 cm³/mol. The highest BCUT2D eigenvalue weighted by Crippen LogP contribution is 2.22. The number of nitrogens with two attached hydrogens (primary N) is 2. The van der Waals surface area contributed by atoms with Crippen LogP contribution in [-0.4, -0.2) is 34.7 Å². The maximum Gasteiger partial charge on any atom is 0.339 e. The van der Waals surface area contributed by atoms with Crippen LogP contribution in [0.5, 0.6) is 5.75 Å². The van der Waals surface area contributed by atoms with Crippen molar-refractivity contribution >= 4 is 18.4 Å². The van der Waals surface area contributed by atoms with Crippen LogP contribution in [0.25, 0.3) is 0 Å². The molecule has 5 N–H and O–H groups in total. The molecule has 8 heteroatoms. The lowest BCUT2D eigenvalue weighted by molar-refractivity contribution is 0.0525. The van der Waals surface area contributed by atoms with Gasteiger partial charge in [-0.1, -0.05) is 24.3 Å². The lowest BCUT2D eigenvalue weighted by Gasteiger charge is -2.07. The summed E-state index contributed by atoms with van der Waals surface area (Å²) in [6, 6.07) is 12.9. The molecule has 0 spiro atoms. The molecule has 0 unspecified atom stereocenters. The van der Waals surface area contributed by atoms with Crippen molar-refractivity contribution in [1.82, 2.24) is 4.57 Å². The van der Waals surface area contributed by atoms with Gasteiger partial charge >= 0.3 is 5.97 Å². The first-order valence-corrected chi connectivity index (χ1v) is 9.77. The molecule has 3 rings (SSSR count). The summed E-state index contributed by atoms with van der Waals surface area (Å²) in [6.45, 7) is 2.43. The van der Waals surface area contributed by atoms with E-state index in [0.29, 0.717) is 24.1 Å². The van der Waals surface area contributed by atoms with Crippen LogP contribution in [-0.2, 0) is 17.7 Å². The fourth-order valence-corrected chi connectivity index (χ4v) is 3.30. The van der Waals surface area contributed by atoms with Crippen LogP contribution >= 0.6 is 0 Å². The number of hydrazone groups is 2. The van der Waals surface area contributed by atoms with Crippen LogP contribution in [0.15, 0.2) is 65.1 Å². The quantitative estimate of drug-likeness (QED) is 0.224. The Hall–Kier alpha value is -4.07. The number of ether oxygens (including phenoxy) is 1. The minimum atomic E-state index is -0.378. The molecule has 0 atom stereocenters. The molecule has 31 heavy (non-hydrogen) atoms. The average molecular weight is 419 g/mol. The van der Waals surface area contributed by atoms with Gasteiger partial charge in [0.1, 0.15) is 5.75 Å². The molecule has 0 aliphatic rings. The van der Waals surface area contributed by atoms with Gasteiger partial charge in [0.2, 0.25) is 0 Å². The lowest BCUT2D eigenvalue weighted by atomic mass is 10.0. The van der Waals surface area contributed by atoms with Crippen LogP contribution < -0.4 is 11.7 Å². The first kappa shape index (κ1) is 21.6. The summed E-state index contributed by atoms with van der Waals surface area (Å²) in [5.41, 5.74) is 4.70. The normalized spacial score (nSPS) is 11.4. The number of hydrogen-bond donors (Lipinski definition) is 3. The van der Waals surface area contributed by atoms with Crippen LogP contribution in [0.3, 0.4) is 0 Å². The maximum atomic E-state index is 12.5. The molecular formula is C23H25N5O3. The zero-order chi connectivity index (χ0) is 22.2. The van der Waals surface area contributed by atoms with Crippen molar-refractivity contribution in [2.24, 2.45) is 21.9 Å². The molecule has 0 bridgehead atoms. The van der Waals surface area contributed by atoms with Crippen LogP contribution in [0.1, 0.15) is 45.1 Å². The Morgan fingerprint density at radius 1 is 1.03 bits per heavy atom. The molecule has 0 saturated carbocycles. The van der Waals surface area contributed by atoms with Crippen molar-refractivity contribution in [3.63, 3.8) is 0 Å². The summed E-state index contributed by atoms with van der Waals surface area (Å²) in [6.07, 6.45) is 7.26. The number of aromatic hydroxyl groups is 1. The molecule has 0 radical (unpaired) electrons. The Morgan fingerprint density at radius 3 is 2.39 bits per heavy atom. The number of hydrogen-bond acceptors (Lipinski definition) is 7. The molecule has 1 aromatic heterocycles. The minimum Gasteiger partial charge on any atom is -0.508 e. The number of phenols is 1. The summed E-state index contributed by atoms with van der Waals surface area (Å²) in [5.74, 6) is 10.2. The maximum absolute atomic E-state index is 12.5. The molecule has 8 nitrogen and oxygen atoms in total. The van der Waals surface area contributed by atoms with Crippen molar-refractivity contribution in [3.05, 3.63) is 88.2 Å². The fraction of sp³-hybridized carbons (Fsp3) is 0.174. The molecule has 0 fully saturated rings. The first-order chi connectivity index (χ1) is 15.0. The zero-order valence-electron chi connectivity index (χ0n) is 17.2. The van der Waals surface area contributed by atoms with Gasteiger partial charge in [-0.3, -0.25) is 0 Å². The van der Waals surface area contributed by atoms with E-state index >= 15 is 0 Å². The Bertz CT molecular complexity index is 1100. The number of nitrogens with zero attached hydrogens (tertiary/aromatic N) is 3. The molecule has 160 valence electrons. The highest BCUT2D eigenvalue weighted by Gasteiger charge is 2.17. The van der Waals surface area contributed by atoms with E-state index in [1.165, 1.54) is 6.21 Å². The zero-order valence-corrected chi connectivity index (χ0v) is 17.2. The van der Waals surface area contributed by atoms with E-state index in [2.05, 4.69) is 10.2 Å². The number of benzene rings is 2. The Labute approximate surface area is 180 Å². The van der Waals surface area contributed by atoms with Gasteiger partial charge in [-0.25, -0.2) is 4.79 Å². The Kier molecular flexibility index (Phi) is 7.05. The van der Waals surface area contributed by atoms with Gasteiger partial charge in [0, 0.05) is 18.0 Å². The summed E-state index contributed by atoms with van der Waals surface area (Å²) in [7, 11) is 0. The predicted octanol–water partition coefficient (Wildman–Crippen LogP) is 2.59. The van der Waals surface area contributed by atoms with E-state index < -0.39 is 0 Å². The van der Waals surface area contributed by atoms with Gasteiger partial charge in [0.15, 0.2) is 0 Å². The van der Waals surface area contributed by atoms with Gasteiger partial charge in [-0.2, -0.15) is 10.2 Å². The summed E-state index contributed by atoms with van der Waals surface area (Å²) in [4.78, 5) is 12.5. The summed E-state index contributed by atoms with van der Waals surface area (Å²) in [5, 5.41) is 17.3. The molecule has 1 heterocycles. The van der Waals surface area contributed by atoms with Gasteiger partial charge in [-0.15, -0.1) is 0 Å². The van der Waals surface area contributed by atoms with Crippen molar-refractivity contribution in [3.8, 4) is 5.75 Å². The third kappa shape index (κ3) is 5.51. The molecule has 0 aliphatic heterocycles. The number of rotatable bonds is 8. The number of aromatic nitrogens is 1. The van der Waals surface area contributed by atoms with Crippen molar-refractivity contribution < 1.29 is 14.6 Å². The molecule has 0 saturated heterocycles. The minimum absolute atomic E-state index is 0.152. The number of carbonyl (C=O) groups is 1. The standard InChI is InChI=1S/C23H25N5O3/c1-2-31-23(30)21-15-28(14-20-10-18(12-27-25)7-8-22(20)29)13-19(21)9-16-3-5-17(6-4-16)11-26-24/h3-8,10-13,15,29H,2,9,14,24-25H2,1H3. The Balaban J connectivity index is 1.90. The van der Waals surface area contributed by atoms with Gasteiger partial charge in [0.25, 0.3) is 0 Å². The fourth-order valence-electron chi connectivity index (χ4n) is 3.30. The highest BCUT2D eigenvalue weighted by atomic mass is 16.5. The second kappa shape index (κ2) is 10.1. The van der Waals surface area contributed by atoms with Crippen LogP contribution in [0, 0.1) is 0 Å². The number of esters is 1. The molecule has 3 aromatic rings. The first-order valence-electron chi connectivity index (χ1n) is 9.77. The van der Waals surface area contributed by atoms with E-state index in [9.17, 15) is 9.90 Å². The number of phenolic OH excluding ortho intramolecular Hbond substituents is 1. The molecular weight excluding hydrogens is 394 g/mol. The third-order valence-corrected chi connectivity index (χ3v) is 4.74. The largest absolute Gasteiger partial charge is 0.508 e. The van der Waals surface area contributed by atoms with Crippen molar-refractivity contribution in [2.45, 2.75) is 19.9 Å². The van der Waals surface area contributed by atoms with Crippen LogP contribution in [0.4, 0.5) is 0 Å². The molecule has 2 aromatic carbocycles. The third-order valence-electron chi connectivity index (χ3n) is 4.74. The number of carbonyl (C=O) groups excluding carboxylic acids is 1. The van der Waals surface area contributed by atoms with Gasteiger partial charge in [0.05, 0.1) is 31.1 Å². The van der Waals surface area contributed by atoms with Gasteiger partial charge in [-0.05, 0) is 53.8 Å². The van der Waals surface area contributed by atoms with Crippen molar-refractivity contribution in [2.75, 3.05) is 6.61 Å². The topological polar surface area (TPSA) is 128 Å². The van der Waals surface area contributed by atoms with E-state index in [-0.39, 0.29) is 18.3 Å². The average Bonchev–Trinajstić information content (AvgIpc) is 3.15. The molecule has 0 amide bonds. The van der Waals surface area contributed by atoms with Crippen LogP contribution in [0.2, 0.25) is 0 Å². The molecule has 0 aliphatic carbocycles. The SMILES string of the molecule is CCOC(=O)c1cn(Cc2cc(C=NN)ccc2O)cc1Cc1ccc(C=NN)cc1. The second-order valence-electron chi connectivity index (χ2n) is 6.95.